The maximum atomic E-state index is 11.9. The molecule has 8 nitrogen and oxygen atoms in total. The second kappa shape index (κ2) is 7.60. The van der Waals surface area contributed by atoms with Gasteiger partial charge < -0.3 is 24.5 Å². The Balaban J connectivity index is 1.70. The van der Waals surface area contributed by atoms with Crippen LogP contribution in [-0.2, 0) is 16.0 Å². The van der Waals surface area contributed by atoms with Crippen LogP contribution >= 0.6 is 0 Å². The third-order valence-corrected chi connectivity index (χ3v) is 3.87. The topological polar surface area (TPSA) is 103 Å². The largest absolute Gasteiger partial charge is 0.492 e. The van der Waals surface area contributed by atoms with Crippen LogP contribution in [0.3, 0.4) is 0 Å². The highest BCUT2D eigenvalue weighted by atomic mass is 16.5. The number of ether oxygens (including phenoxy) is 2. The van der Waals surface area contributed by atoms with Gasteiger partial charge in [0.2, 0.25) is 5.88 Å². The molecule has 0 bridgehead atoms. The van der Waals surface area contributed by atoms with Crippen LogP contribution < -0.4 is 15.5 Å². The van der Waals surface area contributed by atoms with Crippen molar-refractivity contribution in [3.05, 3.63) is 41.3 Å². The number of hydrogen-bond acceptors (Lipinski definition) is 7. The summed E-state index contributed by atoms with van der Waals surface area (Å²) in [7, 11) is 0.618. The first-order valence-electron chi connectivity index (χ1n) is 7.79. The zero-order valence-electron chi connectivity index (χ0n) is 14.0. The van der Waals surface area contributed by atoms with Crippen molar-refractivity contribution in [2.45, 2.75) is 13.5 Å². The number of rotatable bonds is 6. The molecule has 9 heteroatoms. The number of hydrogen-bond donors (Lipinski definition) is 2. The molecule has 0 fully saturated rings. The Morgan fingerprint density at radius 3 is 2.96 bits per heavy atom. The lowest BCUT2D eigenvalue weighted by atomic mass is 9.76. The Kier molecular flexibility index (Phi) is 5.27. The fourth-order valence-corrected chi connectivity index (χ4v) is 2.55. The average molecular weight is 343 g/mol. The van der Waals surface area contributed by atoms with Crippen LogP contribution in [0.5, 0.6) is 11.6 Å². The van der Waals surface area contributed by atoms with Crippen LogP contribution in [0.2, 0.25) is 0 Å². The van der Waals surface area contributed by atoms with Gasteiger partial charge in [-0.15, -0.1) is 0 Å². The third kappa shape index (κ3) is 3.79. The van der Waals surface area contributed by atoms with Crippen molar-refractivity contribution < 1.29 is 23.9 Å². The van der Waals surface area contributed by atoms with Crippen molar-refractivity contribution in [1.82, 2.24) is 15.3 Å². The molecular formula is C16H18BN3O5. The molecule has 0 spiro atoms. The van der Waals surface area contributed by atoms with Crippen LogP contribution in [0.4, 0.5) is 0 Å². The first-order valence-corrected chi connectivity index (χ1v) is 7.79. The van der Waals surface area contributed by atoms with Crippen molar-refractivity contribution in [2.75, 3.05) is 20.3 Å². The van der Waals surface area contributed by atoms with Gasteiger partial charge in [-0.25, -0.2) is 9.97 Å². The van der Waals surface area contributed by atoms with Crippen LogP contribution in [0.1, 0.15) is 21.6 Å². The molecule has 25 heavy (non-hydrogen) atoms. The Morgan fingerprint density at radius 2 is 2.24 bits per heavy atom. The molecule has 2 aromatic rings. The quantitative estimate of drug-likeness (QED) is 0.569. The lowest BCUT2D eigenvalue weighted by molar-refractivity contribution is 0.0931. The van der Waals surface area contributed by atoms with Gasteiger partial charge in [0.1, 0.15) is 11.4 Å². The molecule has 2 heterocycles. The molecule has 0 unspecified atom stereocenters. The maximum Gasteiger partial charge on any atom is 0.492 e. The summed E-state index contributed by atoms with van der Waals surface area (Å²) in [6.45, 7) is 3.04. The van der Waals surface area contributed by atoms with E-state index in [4.69, 9.17) is 14.1 Å². The van der Waals surface area contributed by atoms with E-state index >= 15 is 0 Å². The normalized spacial score (nSPS) is 12.8. The zero-order valence-corrected chi connectivity index (χ0v) is 14.0. The van der Waals surface area contributed by atoms with E-state index in [1.807, 2.05) is 13.0 Å². The van der Waals surface area contributed by atoms with Crippen LogP contribution in [0, 0.1) is 6.92 Å². The molecule has 1 aliphatic rings. The molecule has 1 aromatic heterocycles. The summed E-state index contributed by atoms with van der Waals surface area (Å²) < 4.78 is 15.8. The number of nitrogens with one attached hydrogen (secondary N) is 1. The summed E-state index contributed by atoms with van der Waals surface area (Å²) in [5.41, 5.74) is 2.63. The standard InChI is InChI=1S/C16H18BN3O5/c1-10-13(4-3-11-9-24-17(22)15(10)11)25-14-8-19-12(7-20-14)16(21)18-5-6-23-2/h3-4,7-8,22H,5-6,9H2,1-2H3,(H,18,21). The molecule has 0 radical (unpaired) electrons. The van der Waals surface area contributed by atoms with E-state index in [0.717, 1.165) is 16.6 Å². The molecule has 2 N–H and O–H groups in total. The van der Waals surface area contributed by atoms with Crippen molar-refractivity contribution in [3.63, 3.8) is 0 Å². The van der Waals surface area contributed by atoms with Gasteiger partial charge >= 0.3 is 7.12 Å². The molecule has 0 saturated heterocycles. The second-order valence-corrected chi connectivity index (χ2v) is 5.52. The SMILES string of the molecule is COCCNC(=O)c1cnc(Oc2ccc3c(c2C)B(O)OC3)cn1. The van der Waals surface area contributed by atoms with Gasteiger partial charge in [0.25, 0.3) is 5.91 Å². The summed E-state index contributed by atoms with van der Waals surface area (Å²) in [6, 6.07) is 3.64. The van der Waals surface area contributed by atoms with Gasteiger partial charge in [0, 0.05) is 13.7 Å². The number of carbonyl (C=O) groups is 1. The Bertz CT molecular complexity index is 769. The highest BCUT2D eigenvalue weighted by Gasteiger charge is 2.30. The zero-order chi connectivity index (χ0) is 17.8. The lowest BCUT2D eigenvalue weighted by Crippen LogP contribution is -2.30. The summed E-state index contributed by atoms with van der Waals surface area (Å²) in [5.74, 6) is 0.477. The van der Waals surface area contributed by atoms with Gasteiger partial charge in [0.05, 0.1) is 25.6 Å². The van der Waals surface area contributed by atoms with Crippen LogP contribution in [0.15, 0.2) is 24.5 Å². The Hall–Kier alpha value is -2.49. The number of methoxy groups -OCH3 is 1. The van der Waals surface area contributed by atoms with Crippen molar-refractivity contribution in [3.8, 4) is 11.6 Å². The predicted molar refractivity (Wildman–Crippen MR) is 89.9 cm³/mol. The van der Waals surface area contributed by atoms with Gasteiger partial charge in [-0.05, 0) is 29.6 Å². The molecule has 1 aliphatic heterocycles. The number of amides is 1. The summed E-state index contributed by atoms with van der Waals surface area (Å²) in [5, 5.41) is 12.5. The molecule has 3 rings (SSSR count). The summed E-state index contributed by atoms with van der Waals surface area (Å²) in [4.78, 5) is 20.0. The number of aromatic nitrogens is 2. The van der Waals surface area contributed by atoms with Gasteiger partial charge in [-0.1, -0.05) is 6.07 Å². The summed E-state index contributed by atoms with van der Waals surface area (Å²) >= 11 is 0. The third-order valence-electron chi connectivity index (χ3n) is 3.87. The summed E-state index contributed by atoms with van der Waals surface area (Å²) in [6.07, 6.45) is 2.73. The minimum Gasteiger partial charge on any atom is -0.437 e. The van der Waals surface area contributed by atoms with Crippen molar-refractivity contribution in [2.24, 2.45) is 0 Å². The minimum absolute atomic E-state index is 0.193. The van der Waals surface area contributed by atoms with Gasteiger partial charge in [-0.2, -0.15) is 0 Å². The van der Waals surface area contributed by atoms with E-state index in [-0.39, 0.29) is 17.5 Å². The van der Waals surface area contributed by atoms with Crippen molar-refractivity contribution >= 4 is 18.5 Å². The van der Waals surface area contributed by atoms with Crippen molar-refractivity contribution in [1.29, 1.82) is 0 Å². The monoisotopic (exact) mass is 343 g/mol. The lowest BCUT2D eigenvalue weighted by Gasteiger charge is -2.11. The smallest absolute Gasteiger partial charge is 0.437 e. The highest BCUT2D eigenvalue weighted by molar-refractivity contribution is 6.62. The molecular weight excluding hydrogens is 325 g/mol. The first-order chi connectivity index (χ1) is 12.1. The first kappa shape index (κ1) is 17.3. The number of fused-ring (bicyclic) bond motifs is 1. The Morgan fingerprint density at radius 1 is 1.40 bits per heavy atom. The Labute approximate surface area is 145 Å². The molecule has 0 aliphatic carbocycles. The molecule has 130 valence electrons. The van der Waals surface area contributed by atoms with Crippen LogP contribution in [0.25, 0.3) is 0 Å². The van der Waals surface area contributed by atoms with E-state index in [1.54, 1.807) is 13.2 Å². The van der Waals surface area contributed by atoms with E-state index in [1.165, 1.54) is 12.4 Å². The molecule has 0 atom stereocenters. The average Bonchev–Trinajstić information content (AvgIpc) is 3.00. The second-order valence-electron chi connectivity index (χ2n) is 5.52. The van der Waals surface area contributed by atoms with Gasteiger partial charge in [0.15, 0.2) is 0 Å². The number of carbonyl (C=O) groups excluding carboxylic acids is 1. The molecule has 1 aromatic carbocycles. The molecule has 0 saturated carbocycles. The molecule has 1 amide bonds. The predicted octanol–water partition coefficient (Wildman–Crippen LogP) is 0.171. The van der Waals surface area contributed by atoms with E-state index in [9.17, 15) is 9.82 Å². The van der Waals surface area contributed by atoms with Crippen LogP contribution in [-0.4, -0.2) is 48.3 Å². The fraction of sp³-hybridized carbons (Fsp3) is 0.312. The number of nitrogens with zero attached hydrogens (tertiary/aromatic N) is 2. The van der Waals surface area contributed by atoms with E-state index in [2.05, 4.69) is 15.3 Å². The van der Waals surface area contributed by atoms with E-state index in [0.29, 0.717) is 25.5 Å². The highest BCUT2D eigenvalue weighted by Crippen LogP contribution is 2.25. The fourth-order valence-electron chi connectivity index (χ4n) is 2.55. The number of benzene rings is 1. The van der Waals surface area contributed by atoms with E-state index < -0.39 is 7.12 Å². The minimum atomic E-state index is -0.942. The van der Waals surface area contributed by atoms with Gasteiger partial charge in [-0.3, -0.25) is 4.79 Å². The maximum absolute atomic E-state index is 11.9.